The van der Waals surface area contributed by atoms with Crippen molar-refractivity contribution in [2.45, 2.75) is 11.4 Å². The van der Waals surface area contributed by atoms with Crippen molar-refractivity contribution in [2.24, 2.45) is 0 Å². The lowest BCUT2D eigenvalue weighted by molar-refractivity contribution is 0.589. The van der Waals surface area contributed by atoms with E-state index >= 15 is 0 Å². The van der Waals surface area contributed by atoms with Crippen molar-refractivity contribution in [3.63, 3.8) is 0 Å². The minimum absolute atomic E-state index is 0.0618. The number of fused-ring (bicyclic) bond motifs is 1. The summed E-state index contributed by atoms with van der Waals surface area (Å²) in [6.45, 7) is -0.138. The predicted molar refractivity (Wildman–Crippen MR) is 99.2 cm³/mol. The number of hydrogen-bond acceptors (Lipinski definition) is 4. The molecule has 0 bridgehead atoms. The normalized spacial score (nSPS) is 11.6. The highest BCUT2D eigenvalue weighted by atomic mass is 32.2. The fourth-order valence-electron chi connectivity index (χ4n) is 2.87. The SMILES string of the molecule is O=S(=O)(c1cccn2cnnc12)N(Cc1cccc(F)c1)c1ccc(F)cc1. The lowest BCUT2D eigenvalue weighted by Crippen LogP contribution is -2.31. The Balaban J connectivity index is 1.86. The molecule has 4 rings (SSSR count). The van der Waals surface area contributed by atoms with Gasteiger partial charge in [-0.25, -0.2) is 17.2 Å². The van der Waals surface area contributed by atoms with E-state index in [1.54, 1.807) is 18.3 Å². The van der Waals surface area contributed by atoms with Crippen LogP contribution in [0.1, 0.15) is 5.56 Å². The maximum absolute atomic E-state index is 13.6. The van der Waals surface area contributed by atoms with Gasteiger partial charge in [-0.15, -0.1) is 10.2 Å². The van der Waals surface area contributed by atoms with Gasteiger partial charge in [-0.2, -0.15) is 0 Å². The van der Waals surface area contributed by atoms with Crippen molar-refractivity contribution in [1.82, 2.24) is 14.6 Å². The lowest BCUT2D eigenvalue weighted by Gasteiger charge is -2.25. The van der Waals surface area contributed by atoms with Crippen molar-refractivity contribution in [2.75, 3.05) is 4.31 Å². The fraction of sp³-hybridized carbons (Fsp3) is 0.0526. The summed E-state index contributed by atoms with van der Waals surface area (Å²) in [7, 11) is -4.11. The topological polar surface area (TPSA) is 67.6 Å². The van der Waals surface area contributed by atoms with Crippen LogP contribution in [0.2, 0.25) is 0 Å². The van der Waals surface area contributed by atoms with Gasteiger partial charge in [0.15, 0.2) is 5.65 Å². The number of halogens is 2. The quantitative estimate of drug-likeness (QED) is 0.515. The molecule has 0 N–H and O–H groups in total. The van der Waals surface area contributed by atoms with E-state index < -0.39 is 21.7 Å². The minimum atomic E-state index is -4.11. The molecule has 0 unspecified atom stereocenters. The van der Waals surface area contributed by atoms with Gasteiger partial charge in [-0.05, 0) is 54.1 Å². The number of sulfonamides is 1. The zero-order valence-electron chi connectivity index (χ0n) is 14.4. The van der Waals surface area contributed by atoms with Crippen molar-refractivity contribution in [3.8, 4) is 0 Å². The van der Waals surface area contributed by atoms with Crippen molar-refractivity contribution in [1.29, 1.82) is 0 Å². The molecule has 0 radical (unpaired) electrons. The van der Waals surface area contributed by atoms with Crippen molar-refractivity contribution >= 4 is 21.4 Å². The van der Waals surface area contributed by atoms with Crippen LogP contribution in [0.3, 0.4) is 0 Å². The van der Waals surface area contributed by atoms with Gasteiger partial charge in [0.2, 0.25) is 0 Å². The summed E-state index contributed by atoms with van der Waals surface area (Å²) in [6.07, 6.45) is 3.02. The first-order valence-electron chi connectivity index (χ1n) is 8.26. The van der Waals surface area contributed by atoms with Crippen LogP contribution in [-0.2, 0) is 16.6 Å². The third-order valence-electron chi connectivity index (χ3n) is 4.19. The van der Waals surface area contributed by atoms with E-state index in [1.165, 1.54) is 59.3 Å². The molecule has 0 aliphatic rings. The van der Waals surface area contributed by atoms with E-state index in [1.807, 2.05) is 0 Å². The van der Waals surface area contributed by atoms with Crippen molar-refractivity contribution in [3.05, 3.63) is 90.4 Å². The summed E-state index contributed by atoms with van der Waals surface area (Å²) in [4.78, 5) is -0.0618. The van der Waals surface area contributed by atoms with E-state index in [-0.39, 0.29) is 22.8 Å². The highest BCUT2D eigenvalue weighted by Crippen LogP contribution is 2.28. The number of hydrogen-bond donors (Lipinski definition) is 0. The molecule has 4 aromatic rings. The molecule has 2 heterocycles. The van der Waals surface area contributed by atoms with Crippen LogP contribution in [0.5, 0.6) is 0 Å². The van der Waals surface area contributed by atoms with Gasteiger partial charge in [0.25, 0.3) is 10.0 Å². The third kappa shape index (κ3) is 3.31. The van der Waals surface area contributed by atoms with Crippen LogP contribution in [0.25, 0.3) is 5.65 Å². The molecule has 2 aromatic carbocycles. The molecule has 0 aliphatic heterocycles. The minimum Gasteiger partial charge on any atom is -0.288 e. The summed E-state index contributed by atoms with van der Waals surface area (Å²) in [5.41, 5.74) is 0.849. The second-order valence-corrected chi connectivity index (χ2v) is 7.88. The van der Waals surface area contributed by atoms with Crippen LogP contribution >= 0.6 is 0 Å². The molecule has 28 heavy (non-hydrogen) atoms. The molecule has 9 heteroatoms. The van der Waals surface area contributed by atoms with E-state index in [0.717, 1.165) is 4.31 Å². The van der Waals surface area contributed by atoms with Gasteiger partial charge in [0.1, 0.15) is 22.9 Å². The Kier molecular flexibility index (Phi) is 4.52. The number of benzene rings is 2. The second-order valence-electron chi connectivity index (χ2n) is 6.05. The average Bonchev–Trinajstić information content (AvgIpc) is 3.15. The van der Waals surface area contributed by atoms with E-state index in [0.29, 0.717) is 5.56 Å². The molecule has 0 aliphatic carbocycles. The average molecular weight is 400 g/mol. The van der Waals surface area contributed by atoms with Crippen LogP contribution in [0, 0.1) is 11.6 Å². The number of aromatic nitrogens is 3. The zero-order chi connectivity index (χ0) is 19.7. The number of nitrogens with zero attached hydrogens (tertiary/aromatic N) is 4. The first-order valence-corrected chi connectivity index (χ1v) is 9.70. The second kappa shape index (κ2) is 7.01. The number of rotatable bonds is 5. The molecule has 142 valence electrons. The maximum Gasteiger partial charge on any atom is 0.268 e. The Bertz CT molecular complexity index is 1240. The van der Waals surface area contributed by atoms with Gasteiger partial charge >= 0.3 is 0 Å². The first-order chi connectivity index (χ1) is 13.4. The van der Waals surface area contributed by atoms with Gasteiger partial charge in [0, 0.05) is 6.20 Å². The summed E-state index contributed by atoms with van der Waals surface area (Å²) in [6, 6.07) is 13.7. The van der Waals surface area contributed by atoms with E-state index in [4.69, 9.17) is 0 Å². The molecule has 0 amide bonds. The molecule has 0 fully saturated rings. The molecular formula is C19H14F2N4O2S. The molecule has 6 nitrogen and oxygen atoms in total. The smallest absolute Gasteiger partial charge is 0.268 e. The van der Waals surface area contributed by atoms with Gasteiger partial charge in [0.05, 0.1) is 12.2 Å². The number of pyridine rings is 1. The molecule has 0 atom stereocenters. The van der Waals surface area contributed by atoms with Crippen LogP contribution in [-0.4, -0.2) is 23.0 Å². The van der Waals surface area contributed by atoms with Crippen LogP contribution in [0.4, 0.5) is 14.5 Å². The highest BCUT2D eigenvalue weighted by molar-refractivity contribution is 7.93. The molecule has 2 aromatic heterocycles. The molecule has 0 spiro atoms. The largest absolute Gasteiger partial charge is 0.288 e. The summed E-state index contributed by atoms with van der Waals surface area (Å²) < 4.78 is 56.5. The Morgan fingerprint density at radius 1 is 0.964 bits per heavy atom. The van der Waals surface area contributed by atoms with E-state index in [2.05, 4.69) is 10.2 Å². The predicted octanol–water partition coefficient (Wildman–Crippen LogP) is 3.40. The highest BCUT2D eigenvalue weighted by Gasteiger charge is 2.28. The Labute approximate surface area is 159 Å². The fourth-order valence-corrected chi connectivity index (χ4v) is 4.45. The van der Waals surface area contributed by atoms with Crippen molar-refractivity contribution < 1.29 is 17.2 Å². The summed E-state index contributed by atoms with van der Waals surface area (Å²) >= 11 is 0. The Morgan fingerprint density at radius 3 is 2.50 bits per heavy atom. The molecular weight excluding hydrogens is 386 g/mol. The molecule has 0 saturated heterocycles. The molecule has 0 saturated carbocycles. The maximum atomic E-state index is 13.6. The standard InChI is InChI=1S/C19H14F2N4O2S/c20-15-6-8-17(9-7-15)25(12-14-3-1-4-16(21)11-14)28(26,27)18-5-2-10-24-13-22-23-19(18)24/h1-11,13H,12H2. The summed E-state index contributed by atoms with van der Waals surface area (Å²) in [5, 5.41) is 7.63. The zero-order valence-corrected chi connectivity index (χ0v) is 15.2. The van der Waals surface area contributed by atoms with Crippen LogP contribution in [0.15, 0.2) is 78.1 Å². The first kappa shape index (κ1) is 18.1. The lowest BCUT2D eigenvalue weighted by atomic mass is 10.2. The van der Waals surface area contributed by atoms with Gasteiger partial charge in [-0.1, -0.05) is 12.1 Å². The van der Waals surface area contributed by atoms with Gasteiger partial charge < -0.3 is 0 Å². The number of anilines is 1. The van der Waals surface area contributed by atoms with Gasteiger partial charge in [-0.3, -0.25) is 8.71 Å². The monoisotopic (exact) mass is 400 g/mol. The van der Waals surface area contributed by atoms with E-state index in [9.17, 15) is 17.2 Å². The Hall–Kier alpha value is -3.33. The Morgan fingerprint density at radius 2 is 1.75 bits per heavy atom. The van der Waals surface area contributed by atoms with Crippen LogP contribution < -0.4 is 4.31 Å². The third-order valence-corrected chi connectivity index (χ3v) is 5.98. The summed E-state index contributed by atoms with van der Waals surface area (Å²) in [5.74, 6) is -0.972.